The van der Waals surface area contributed by atoms with E-state index in [1.165, 1.54) is 12.4 Å². The molecule has 30 heavy (non-hydrogen) atoms. The van der Waals surface area contributed by atoms with Gasteiger partial charge in [-0.1, -0.05) is 36.4 Å². The molecule has 1 saturated heterocycles. The number of H-pyrrole nitrogens is 1. The zero-order valence-corrected chi connectivity index (χ0v) is 16.8. The van der Waals surface area contributed by atoms with Gasteiger partial charge in [0.25, 0.3) is 0 Å². The first-order valence-electron chi connectivity index (χ1n) is 9.33. The van der Waals surface area contributed by atoms with Crippen LogP contribution in [0.2, 0.25) is 0 Å². The lowest BCUT2D eigenvalue weighted by Gasteiger charge is -2.19. The molecule has 0 amide bonds. The van der Waals surface area contributed by atoms with Gasteiger partial charge in [-0.3, -0.25) is 5.10 Å². The largest absolute Gasteiger partial charge is 0.312 e. The lowest BCUT2D eigenvalue weighted by molar-refractivity contribution is 0.540. The Bertz CT molecular complexity index is 1080. The summed E-state index contributed by atoms with van der Waals surface area (Å²) in [6, 6.07) is 13.0. The van der Waals surface area contributed by atoms with Crippen molar-refractivity contribution in [2.75, 3.05) is 6.54 Å². The van der Waals surface area contributed by atoms with Crippen LogP contribution in [0.3, 0.4) is 0 Å². The predicted octanol–water partition coefficient (Wildman–Crippen LogP) is -0.433. The van der Waals surface area contributed by atoms with Gasteiger partial charge in [0.15, 0.2) is 0 Å². The number of hydrazine groups is 3. The SMILES string of the molecule is NS(=O)(=O)c1cccc(-c2ccc(CNCCc3ncn[nH]3)cc2)c1C1NNNN1. The third kappa shape index (κ3) is 4.71. The van der Waals surface area contributed by atoms with Crippen molar-refractivity contribution in [3.8, 4) is 11.1 Å². The Kier molecular flexibility index (Phi) is 6.15. The average molecular weight is 430 g/mol. The lowest BCUT2D eigenvalue weighted by Crippen LogP contribution is -2.33. The molecule has 2 heterocycles. The van der Waals surface area contributed by atoms with Crippen LogP contribution in [0.15, 0.2) is 53.7 Å². The molecule has 0 saturated carbocycles. The van der Waals surface area contributed by atoms with Crippen molar-refractivity contribution in [3.63, 3.8) is 0 Å². The van der Waals surface area contributed by atoms with Crippen molar-refractivity contribution in [2.24, 2.45) is 5.14 Å². The summed E-state index contributed by atoms with van der Waals surface area (Å²) in [5.41, 5.74) is 14.6. The minimum Gasteiger partial charge on any atom is -0.312 e. The van der Waals surface area contributed by atoms with E-state index in [-0.39, 0.29) is 4.90 Å². The van der Waals surface area contributed by atoms with Crippen molar-refractivity contribution in [1.82, 2.24) is 42.4 Å². The predicted molar refractivity (Wildman–Crippen MR) is 110 cm³/mol. The second-order valence-electron chi connectivity index (χ2n) is 6.79. The molecule has 0 atom stereocenters. The Morgan fingerprint density at radius 2 is 1.83 bits per heavy atom. The summed E-state index contributed by atoms with van der Waals surface area (Å²) in [6.07, 6.45) is 1.79. The number of sulfonamides is 1. The number of nitrogens with one attached hydrogen (secondary N) is 6. The maximum atomic E-state index is 12.1. The maximum Gasteiger partial charge on any atom is 0.238 e. The molecular weight excluding hydrogens is 406 g/mol. The fourth-order valence-electron chi connectivity index (χ4n) is 3.33. The third-order valence-electron chi connectivity index (χ3n) is 4.75. The van der Waals surface area contributed by atoms with Crippen LogP contribution in [0, 0.1) is 0 Å². The molecule has 8 N–H and O–H groups in total. The standard InChI is InChI=1S/C18H23N9O2S/c19-30(28,29)15-3-1-2-14(17(15)18-24-26-27-25-18)13-6-4-12(5-7-13)10-20-9-8-16-21-11-22-23-16/h1-7,11,18,20,24-27H,8-10H2,(H2,19,28,29)(H,21,22,23). The number of rotatable bonds is 8. The number of aromatic amines is 1. The van der Waals surface area contributed by atoms with E-state index in [4.69, 9.17) is 5.14 Å². The number of benzene rings is 2. The quantitative estimate of drug-likeness (QED) is 0.236. The highest BCUT2D eigenvalue weighted by molar-refractivity contribution is 7.89. The highest BCUT2D eigenvalue weighted by atomic mass is 32.2. The summed E-state index contributed by atoms with van der Waals surface area (Å²) in [7, 11) is -3.90. The summed E-state index contributed by atoms with van der Waals surface area (Å²) < 4.78 is 24.3. The number of hydrogen-bond donors (Lipinski definition) is 7. The van der Waals surface area contributed by atoms with Crippen molar-refractivity contribution >= 4 is 10.0 Å². The van der Waals surface area contributed by atoms with E-state index in [2.05, 4.69) is 42.4 Å². The van der Waals surface area contributed by atoms with Gasteiger partial charge in [0.2, 0.25) is 10.0 Å². The Balaban J connectivity index is 1.52. The zero-order chi connectivity index (χ0) is 21.0. The Labute approximate surface area is 173 Å². The van der Waals surface area contributed by atoms with Gasteiger partial charge in [-0.25, -0.2) is 29.4 Å². The molecule has 0 unspecified atom stereocenters. The minimum atomic E-state index is -3.90. The molecule has 3 aromatic rings. The van der Waals surface area contributed by atoms with Gasteiger partial charge in [-0.2, -0.15) is 16.2 Å². The second-order valence-corrected chi connectivity index (χ2v) is 8.32. The van der Waals surface area contributed by atoms with E-state index < -0.39 is 16.2 Å². The number of hydrogen-bond acceptors (Lipinski definition) is 9. The molecule has 1 aromatic heterocycles. The van der Waals surface area contributed by atoms with Crippen LogP contribution in [0.5, 0.6) is 0 Å². The van der Waals surface area contributed by atoms with E-state index in [9.17, 15) is 8.42 Å². The first-order chi connectivity index (χ1) is 14.5. The maximum absolute atomic E-state index is 12.1. The fourth-order valence-corrected chi connectivity index (χ4v) is 4.13. The van der Waals surface area contributed by atoms with Gasteiger partial charge in [-0.05, 0) is 22.8 Å². The van der Waals surface area contributed by atoms with Crippen molar-refractivity contribution < 1.29 is 8.42 Å². The van der Waals surface area contributed by atoms with Gasteiger partial charge in [0.05, 0.1) is 4.90 Å². The molecule has 0 spiro atoms. The smallest absolute Gasteiger partial charge is 0.238 e. The molecule has 0 radical (unpaired) electrons. The number of aromatic nitrogens is 3. The molecule has 1 aliphatic heterocycles. The summed E-state index contributed by atoms with van der Waals surface area (Å²) >= 11 is 0. The van der Waals surface area contributed by atoms with Crippen molar-refractivity contribution in [3.05, 3.63) is 65.7 Å². The fraction of sp³-hybridized carbons (Fsp3) is 0.222. The van der Waals surface area contributed by atoms with E-state index in [1.807, 2.05) is 30.3 Å². The number of nitrogens with zero attached hydrogens (tertiary/aromatic N) is 2. The first kappa shape index (κ1) is 20.6. The van der Waals surface area contributed by atoms with E-state index >= 15 is 0 Å². The van der Waals surface area contributed by atoms with E-state index in [0.717, 1.165) is 35.5 Å². The van der Waals surface area contributed by atoms with Crippen LogP contribution in [-0.2, 0) is 23.0 Å². The van der Waals surface area contributed by atoms with Crippen molar-refractivity contribution in [1.29, 1.82) is 0 Å². The molecule has 158 valence electrons. The van der Waals surface area contributed by atoms with E-state index in [1.54, 1.807) is 6.07 Å². The summed E-state index contributed by atoms with van der Waals surface area (Å²) in [4.78, 5) is 4.16. The third-order valence-corrected chi connectivity index (χ3v) is 5.72. The molecule has 2 aromatic carbocycles. The topological polar surface area (TPSA) is 162 Å². The van der Waals surface area contributed by atoms with Crippen LogP contribution in [0.4, 0.5) is 0 Å². The Morgan fingerprint density at radius 1 is 1.07 bits per heavy atom. The van der Waals surface area contributed by atoms with Gasteiger partial charge in [-0.15, -0.1) is 0 Å². The monoisotopic (exact) mass is 429 g/mol. The highest BCUT2D eigenvalue weighted by Crippen LogP contribution is 2.32. The van der Waals surface area contributed by atoms with Crippen LogP contribution >= 0.6 is 0 Å². The Hall–Kier alpha value is -2.71. The van der Waals surface area contributed by atoms with Gasteiger partial charge in [0, 0.05) is 25.1 Å². The van der Waals surface area contributed by atoms with Crippen LogP contribution in [0.25, 0.3) is 11.1 Å². The van der Waals surface area contributed by atoms with Crippen LogP contribution in [-0.4, -0.2) is 30.1 Å². The minimum absolute atomic E-state index is 0.0636. The van der Waals surface area contributed by atoms with Crippen LogP contribution in [0.1, 0.15) is 23.1 Å². The van der Waals surface area contributed by atoms with Gasteiger partial charge in [0.1, 0.15) is 18.3 Å². The van der Waals surface area contributed by atoms with Gasteiger partial charge < -0.3 is 5.32 Å². The first-order valence-corrected chi connectivity index (χ1v) is 10.9. The average Bonchev–Trinajstić information content (AvgIpc) is 3.45. The van der Waals surface area contributed by atoms with E-state index in [0.29, 0.717) is 12.1 Å². The lowest BCUT2D eigenvalue weighted by atomic mass is 9.97. The molecule has 12 heteroatoms. The molecule has 1 fully saturated rings. The molecule has 11 nitrogen and oxygen atoms in total. The Morgan fingerprint density at radius 3 is 2.50 bits per heavy atom. The molecule has 1 aliphatic rings. The van der Waals surface area contributed by atoms with Gasteiger partial charge >= 0.3 is 0 Å². The zero-order valence-electron chi connectivity index (χ0n) is 16.0. The number of nitrogens with two attached hydrogens (primary N) is 1. The normalized spacial score (nSPS) is 15.0. The summed E-state index contributed by atoms with van der Waals surface area (Å²) in [6.45, 7) is 1.48. The molecule has 0 bridgehead atoms. The van der Waals surface area contributed by atoms with Crippen LogP contribution < -0.4 is 32.4 Å². The summed E-state index contributed by atoms with van der Waals surface area (Å²) in [5.74, 6) is 0.846. The highest BCUT2D eigenvalue weighted by Gasteiger charge is 2.26. The molecular formula is C18H23N9O2S. The summed E-state index contributed by atoms with van der Waals surface area (Å²) in [5, 5.41) is 15.5. The van der Waals surface area contributed by atoms with Crippen molar-refractivity contribution in [2.45, 2.75) is 24.0 Å². The molecule has 0 aliphatic carbocycles. The molecule has 4 rings (SSSR count). The number of primary sulfonamides is 1. The second kappa shape index (κ2) is 8.97.